The van der Waals surface area contributed by atoms with Crippen molar-refractivity contribution in [2.24, 2.45) is 0 Å². The lowest BCUT2D eigenvalue weighted by molar-refractivity contribution is -0.105. The minimum Gasteiger partial charge on any atom is -0.327 e. The number of rotatable bonds is 3. The average Bonchev–Trinajstić information content (AvgIpc) is 2.47. The number of hydrogen-bond acceptors (Lipinski definition) is 3. The molecule has 2 heterocycles. The molecule has 0 atom stereocenters. The average molecular weight is 318 g/mol. The number of fused-ring (bicyclic) bond motifs is 1. The van der Waals surface area contributed by atoms with Crippen molar-refractivity contribution in [2.45, 2.75) is 0 Å². The van der Waals surface area contributed by atoms with Gasteiger partial charge in [0, 0.05) is 32.8 Å². The molecule has 2 aromatic heterocycles. The van der Waals surface area contributed by atoms with Crippen molar-refractivity contribution in [1.82, 2.24) is 9.97 Å². The number of nitrogens with zero attached hydrogens (tertiary/aromatic N) is 2. The molecule has 0 fully saturated rings. The maximum atomic E-state index is 10.6. The molecular weight excluding hydrogens is 309 g/mol. The summed E-state index contributed by atoms with van der Waals surface area (Å²) in [5.41, 5.74) is 2.96. The molecule has 4 nitrogen and oxygen atoms in total. The van der Waals surface area contributed by atoms with Crippen molar-refractivity contribution in [3.05, 3.63) is 52.9 Å². The Morgan fingerprint density at radius 2 is 1.90 bits per heavy atom. The number of aromatic nitrogens is 2. The van der Waals surface area contributed by atoms with Gasteiger partial charge in [-0.3, -0.25) is 14.8 Å². The molecule has 0 bridgehead atoms. The summed E-state index contributed by atoms with van der Waals surface area (Å²) in [6.07, 6.45) is 5.56. The molecule has 0 unspecified atom stereocenters. The normalized spacial score (nSPS) is 10.6. The van der Waals surface area contributed by atoms with Crippen LogP contribution in [0.2, 0.25) is 10.0 Å². The molecule has 1 N–H and O–H groups in total. The van der Waals surface area contributed by atoms with Crippen LogP contribution in [0.3, 0.4) is 0 Å². The van der Waals surface area contributed by atoms with Crippen LogP contribution >= 0.6 is 23.2 Å². The van der Waals surface area contributed by atoms with E-state index in [0.717, 1.165) is 22.0 Å². The van der Waals surface area contributed by atoms with E-state index < -0.39 is 0 Å². The van der Waals surface area contributed by atoms with Crippen molar-refractivity contribution in [2.75, 3.05) is 5.32 Å². The zero-order valence-electron chi connectivity index (χ0n) is 10.7. The van der Waals surface area contributed by atoms with Crippen LogP contribution in [-0.4, -0.2) is 16.4 Å². The van der Waals surface area contributed by atoms with E-state index in [0.29, 0.717) is 22.1 Å². The highest BCUT2D eigenvalue weighted by molar-refractivity contribution is 6.36. The maximum Gasteiger partial charge on any atom is 0.211 e. The van der Waals surface area contributed by atoms with Gasteiger partial charge in [-0.15, -0.1) is 0 Å². The van der Waals surface area contributed by atoms with E-state index in [4.69, 9.17) is 23.2 Å². The molecule has 1 amide bonds. The minimum absolute atomic E-state index is 0.533. The third-order valence-electron chi connectivity index (χ3n) is 3.06. The third kappa shape index (κ3) is 2.68. The summed E-state index contributed by atoms with van der Waals surface area (Å²) in [7, 11) is 0. The fraction of sp³-hybridized carbons (Fsp3) is 0. The highest BCUT2D eigenvalue weighted by Gasteiger charge is 2.10. The second-order valence-corrected chi connectivity index (χ2v) is 5.21. The van der Waals surface area contributed by atoms with E-state index in [2.05, 4.69) is 15.3 Å². The summed E-state index contributed by atoms with van der Waals surface area (Å²) in [4.78, 5) is 19.0. The van der Waals surface area contributed by atoms with Crippen molar-refractivity contribution in [3.8, 4) is 11.1 Å². The van der Waals surface area contributed by atoms with Crippen LogP contribution in [0.1, 0.15) is 0 Å². The van der Waals surface area contributed by atoms with Crippen molar-refractivity contribution < 1.29 is 4.79 Å². The summed E-state index contributed by atoms with van der Waals surface area (Å²) >= 11 is 12.2. The lowest BCUT2D eigenvalue weighted by Gasteiger charge is -2.09. The zero-order valence-corrected chi connectivity index (χ0v) is 12.2. The zero-order chi connectivity index (χ0) is 14.8. The summed E-state index contributed by atoms with van der Waals surface area (Å²) in [5, 5.41) is 4.53. The van der Waals surface area contributed by atoms with Crippen LogP contribution in [0, 0.1) is 0 Å². The molecule has 3 aromatic rings. The monoisotopic (exact) mass is 317 g/mol. The maximum absolute atomic E-state index is 10.6. The first-order chi connectivity index (χ1) is 10.2. The molecular formula is C15H9Cl2N3O. The van der Waals surface area contributed by atoms with Crippen LogP contribution in [0.4, 0.5) is 5.69 Å². The van der Waals surface area contributed by atoms with E-state index in [9.17, 15) is 4.79 Å². The fourth-order valence-electron chi connectivity index (χ4n) is 2.12. The quantitative estimate of drug-likeness (QED) is 0.737. The van der Waals surface area contributed by atoms with Gasteiger partial charge in [-0.2, -0.15) is 0 Å². The number of amides is 1. The number of pyridine rings is 2. The molecule has 0 aliphatic heterocycles. The van der Waals surface area contributed by atoms with Gasteiger partial charge in [0.25, 0.3) is 0 Å². The number of anilines is 1. The van der Waals surface area contributed by atoms with Crippen molar-refractivity contribution in [3.63, 3.8) is 0 Å². The summed E-state index contributed by atoms with van der Waals surface area (Å²) in [5.74, 6) is 0. The Morgan fingerprint density at radius 3 is 2.67 bits per heavy atom. The molecule has 0 aliphatic carbocycles. The number of benzene rings is 1. The third-order valence-corrected chi connectivity index (χ3v) is 3.60. The topological polar surface area (TPSA) is 54.9 Å². The van der Waals surface area contributed by atoms with Crippen LogP contribution in [-0.2, 0) is 4.79 Å². The largest absolute Gasteiger partial charge is 0.327 e. The van der Waals surface area contributed by atoms with Gasteiger partial charge < -0.3 is 5.32 Å². The van der Waals surface area contributed by atoms with Gasteiger partial charge in [0.15, 0.2) is 0 Å². The van der Waals surface area contributed by atoms with Crippen LogP contribution in [0.25, 0.3) is 22.0 Å². The molecule has 0 spiro atoms. The molecule has 0 radical (unpaired) electrons. The number of carbonyl (C=O) groups is 1. The highest BCUT2D eigenvalue weighted by atomic mass is 35.5. The molecule has 0 saturated heterocycles. The standard InChI is InChI=1S/C15H9Cl2N3O/c16-9-1-2-11(14(17)3-9)13-6-18-7-15-12(13)4-10(5-19-15)20-8-21/h1-8H,(H,20,21). The van der Waals surface area contributed by atoms with E-state index in [1.54, 1.807) is 30.7 Å². The predicted octanol–water partition coefficient (Wildman–Crippen LogP) is 4.17. The Labute approximate surface area is 130 Å². The Morgan fingerprint density at radius 1 is 1.05 bits per heavy atom. The van der Waals surface area contributed by atoms with Gasteiger partial charge >= 0.3 is 0 Å². The first-order valence-electron chi connectivity index (χ1n) is 6.08. The summed E-state index contributed by atoms with van der Waals surface area (Å²) in [6, 6.07) is 7.11. The fourth-order valence-corrected chi connectivity index (χ4v) is 2.63. The SMILES string of the molecule is O=CNc1cnc2cncc(-c3ccc(Cl)cc3Cl)c2c1. The smallest absolute Gasteiger partial charge is 0.211 e. The highest BCUT2D eigenvalue weighted by Crippen LogP contribution is 2.34. The predicted molar refractivity (Wildman–Crippen MR) is 84.7 cm³/mol. The van der Waals surface area contributed by atoms with Gasteiger partial charge in [0.1, 0.15) is 0 Å². The molecule has 6 heteroatoms. The summed E-state index contributed by atoms with van der Waals surface area (Å²) < 4.78 is 0. The van der Waals surface area contributed by atoms with E-state index in [-0.39, 0.29) is 0 Å². The van der Waals surface area contributed by atoms with Gasteiger partial charge in [-0.05, 0) is 18.2 Å². The molecule has 1 aromatic carbocycles. The number of carbonyl (C=O) groups excluding carboxylic acids is 1. The van der Waals surface area contributed by atoms with Gasteiger partial charge in [-0.25, -0.2) is 0 Å². The number of halogens is 2. The van der Waals surface area contributed by atoms with Crippen molar-refractivity contribution in [1.29, 1.82) is 0 Å². The Bertz CT molecular complexity index is 836. The number of hydrogen-bond donors (Lipinski definition) is 1. The van der Waals surface area contributed by atoms with Crippen molar-refractivity contribution >= 4 is 46.2 Å². The van der Waals surface area contributed by atoms with Gasteiger partial charge in [0.2, 0.25) is 6.41 Å². The molecule has 0 saturated carbocycles. The Balaban J connectivity index is 2.25. The second kappa shape index (κ2) is 5.68. The minimum atomic E-state index is 0.533. The van der Waals surface area contributed by atoms with Crippen LogP contribution in [0.5, 0.6) is 0 Å². The van der Waals surface area contributed by atoms with E-state index in [1.165, 1.54) is 0 Å². The molecule has 3 rings (SSSR count). The lowest BCUT2D eigenvalue weighted by atomic mass is 10.0. The molecule has 104 valence electrons. The summed E-state index contributed by atoms with van der Waals surface area (Å²) in [6.45, 7) is 0. The first kappa shape index (κ1) is 13.8. The Kier molecular flexibility index (Phi) is 3.73. The van der Waals surface area contributed by atoms with Gasteiger partial charge in [0.05, 0.1) is 23.6 Å². The van der Waals surface area contributed by atoms with Crippen LogP contribution < -0.4 is 5.32 Å². The van der Waals surface area contributed by atoms with E-state index >= 15 is 0 Å². The lowest BCUT2D eigenvalue weighted by Crippen LogP contribution is -1.95. The van der Waals surface area contributed by atoms with Crippen LogP contribution in [0.15, 0.2) is 42.9 Å². The first-order valence-corrected chi connectivity index (χ1v) is 6.84. The Hall–Kier alpha value is -2.17. The second-order valence-electron chi connectivity index (χ2n) is 4.36. The number of nitrogens with one attached hydrogen (secondary N) is 1. The molecule has 21 heavy (non-hydrogen) atoms. The van der Waals surface area contributed by atoms with Gasteiger partial charge in [-0.1, -0.05) is 29.3 Å². The molecule has 0 aliphatic rings. The van der Waals surface area contributed by atoms with E-state index in [1.807, 2.05) is 12.1 Å².